The van der Waals surface area contributed by atoms with Crippen LogP contribution >= 0.6 is 11.3 Å². The van der Waals surface area contributed by atoms with E-state index in [9.17, 15) is 4.39 Å². The summed E-state index contributed by atoms with van der Waals surface area (Å²) in [5.41, 5.74) is 0. The molecule has 0 aliphatic carbocycles. The van der Waals surface area contributed by atoms with Gasteiger partial charge < -0.3 is 5.32 Å². The molecule has 0 spiro atoms. The van der Waals surface area contributed by atoms with E-state index in [-0.39, 0.29) is 0 Å². The molecule has 6 heteroatoms. The van der Waals surface area contributed by atoms with Crippen LogP contribution in [0.1, 0.15) is 5.01 Å². The lowest BCUT2D eigenvalue weighted by Gasteiger charge is -2.02. The highest BCUT2D eigenvalue weighted by molar-refractivity contribution is 7.09. The van der Waals surface area contributed by atoms with Crippen LogP contribution in [0.4, 0.5) is 10.2 Å². The summed E-state index contributed by atoms with van der Waals surface area (Å²) in [5.74, 6) is -0.0270. The first kappa shape index (κ1) is 9.97. The molecule has 15 heavy (non-hydrogen) atoms. The van der Waals surface area contributed by atoms with Crippen molar-refractivity contribution >= 4 is 17.2 Å². The predicted molar refractivity (Wildman–Crippen MR) is 56.3 cm³/mol. The van der Waals surface area contributed by atoms with Gasteiger partial charge in [-0.15, -0.1) is 11.3 Å². The van der Waals surface area contributed by atoms with E-state index in [2.05, 4.69) is 20.3 Å². The van der Waals surface area contributed by atoms with Gasteiger partial charge in [-0.1, -0.05) is 0 Å². The first-order valence-electron chi connectivity index (χ1n) is 4.44. The molecule has 0 atom stereocenters. The van der Waals surface area contributed by atoms with Crippen molar-refractivity contribution in [3.05, 3.63) is 34.9 Å². The molecule has 1 N–H and O–H groups in total. The Morgan fingerprint density at radius 1 is 1.33 bits per heavy atom. The molecule has 0 fully saturated rings. The summed E-state index contributed by atoms with van der Waals surface area (Å²) in [4.78, 5) is 11.4. The lowest BCUT2D eigenvalue weighted by molar-refractivity contribution is 0.580. The molecule has 2 aromatic heterocycles. The van der Waals surface area contributed by atoms with Crippen LogP contribution in [-0.4, -0.2) is 21.5 Å². The largest absolute Gasteiger partial charge is 0.369 e. The lowest BCUT2D eigenvalue weighted by Crippen LogP contribution is -2.06. The van der Waals surface area contributed by atoms with E-state index in [1.807, 2.05) is 5.38 Å². The van der Waals surface area contributed by atoms with Crippen LogP contribution in [-0.2, 0) is 6.42 Å². The van der Waals surface area contributed by atoms with Crippen LogP contribution in [0.25, 0.3) is 0 Å². The van der Waals surface area contributed by atoms with Crippen molar-refractivity contribution in [3.8, 4) is 0 Å². The van der Waals surface area contributed by atoms with Crippen LogP contribution in [0.5, 0.6) is 0 Å². The second kappa shape index (κ2) is 4.79. The monoisotopic (exact) mass is 224 g/mol. The van der Waals surface area contributed by atoms with Gasteiger partial charge in [0.25, 0.3) is 0 Å². The zero-order chi connectivity index (χ0) is 10.5. The molecule has 0 aliphatic rings. The van der Waals surface area contributed by atoms with Gasteiger partial charge in [0.15, 0.2) is 0 Å². The number of hydrogen-bond acceptors (Lipinski definition) is 5. The third kappa shape index (κ3) is 2.95. The minimum absolute atomic E-state index is 0.499. The van der Waals surface area contributed by atoms with Gasteiger partial charge in [0.2, 0.25) is 5.95 Å². The molecular formula is C9H9FN4S. The first-order chi connectivity index (χ1) is 7.34. The number of nitrogens with one attached hydrogen (secondary N) is 1. The van der Waals surface area contributed by atoms with Crippen LogP contribution in [0.3, 0.4) is 0 Å². The molecule has 4 nitrogen and oxygen atoms in total. The maximum Gasteiger partial charge on any atom is 0.217 e. The number of hydrogen-bond donors (Lipinski definition) is 1. The molecule has 78 valence electrons. The van der Waals surface area contributed by atoms with Gasteiger partial charge in [0.1, 0.15) is 12.1 Å². The molecule has 0 saturated heterocycles. The van der Waals surface area contributed by atoms with E-state index in [1.54, 1.807) is 17.5 Å². The highest BCUT2D eigenvalue weighted by Gasteiger charge is 1.98. The van der Waals surface area contributed by atoms with E-state index >= 15 is 0 Å². The Hall–Kier alpha value is -1.56. The number of halogens is 1. The molecule has 0 unspecified atom stereocenters. The molecule has 0 saturated carbocycles. The highest BCUT2D eigenvalue weighted by atomic mass is 32.1. The van der Waals surface area contributed by atoms with E-state index in [4.69, 9.17) is 0 Å². The molecule has 0 bridgehead atoms. The van der Waals surface area contributed by atoms with Gasteiger partial charge in [-0.3, -0.25) is 0 Å². The predicted octanol–water partition coefficient (Wildman–Crippen LogP) is 1.73. The van der Waals surface area contributed by atoms with E-state index < -0.39 is 5.95 Å². The molecule has 2 aromatic rings. The highest BCUT2D eigenvalue weighted by Crippen LogP contribution is 2.06. The standard InChI is InChI=1S/C9H9FN4S/c10-7-5-8(14-6-13-7)11-2-1-9-12-3-4-15-9/h3-6H,1-2H2,(H,11,13,14). The molecule has 0 radical (unpaired) electrons. The van der Waals surface area contributed by atoms with Crippen LogP contribution in [0, 0.1) is 5.95 Å². The average molecular weight is 224 g/mol. The Morgan fingerprint density at radius 2 is 2.27 bits per heavy atom. The SMILES string of the molecule is Fc1cc(NCCc2nccs2)ncn1. The van der Waals surface area contributed by atoms with Gasteiger partial charge >= 0.3 is 0 Å². The molecule has 2 rings (SSSR count). The van der Waals surface area contributed by atoms with Gasteiger partial charge in [0.05, 0.1) is 5.01 Å². The smallest absolute Gasteiger partial charge is 0.217 e. The van der Waals surface area contributed by atoms with Gasteiger partial charge in [-0.05, 0) is 0 Å². The Morgan fingerprint density at radius 3 is 3.00 bits per heavy atom. The van der Waals surface area contributed by atoms with Gasteiger partial charge in [-0.25, -0.2) is 15.0 Å². The molecule has 0 aliphatic heterocycles. The minimum Gasteiger partial charge on any atom is -0.369 e. The summed E-state index contributed by atoms with van der Waals surface area (Å²) < 4.78 is 12.7. The fourth-order valence-corrected chi connectivity index (χ4v) is 1.72. The maximum atomic E-state index is 12.7. The van der Waals surface area contributed by atoms with Crippen molar-refractivity contribution in [3.63, 3.8) is 0 Å². The normalized spacial score (nSPS) is 10.2. The topological polar surface area (TPSA) is 50.7 Å². The van der Waals surface area contributed by atoms with Crippen LogP contribution < -0.4 is 5.32 Å². The summed E-state index contributed by atoms with van der Waals surface area (Å²) in [6, 6.07) is 1.27. The zero-order valence-corrected chi connectivity index (χ0v) is 8.67. The Labute approximate surface area is 90.2 Å². The van der Waals surface area contributed by atoms with Crippen LogP contribution in [0.15, 0.2) is 24.0 Å². The molecular weight excluding hydrogens is 215 g/mol. The number of thiazole rings is 1. The number of rotatable bonds is 4. The second-order valence-corrected chi connectivity index (χ2v) is 3.81. The summed E-state index contributed by atoms with van der Waals surface area (Å²) >= 11 is 1.60. The summed E-state index contributed by atoms with van der Waals surface area (Å²) in [7, 11) is 0. The molecule has 0 aromatic carbocycles. The quantitative estimate of drug-likeness (QED) is 0.803. The third-order valence-corrected chi connectivity index (χ3v) is 2.60. The minimum atomic E-state index is -0.526. The number of aromatic nitrogens is 3. The zero-order valence-electron chi connectivity index (χ0n) is 7.85. The maximum absolute atomic E-state index is 12.7. The Balaban J connectivity index is 1.83. The van der Waals surface area contributed by atoms with Crippen LogP contribution in [0.2, 0.25) is 0 Å². The lowest BCUT2D eigenvalue weighted by atomic mass is 10.4. The average Bonchev–Trinajstić information content (AvgIpc) is 2.71. The van der Waals surface area contributed by atoms with Crippen molar-refractivity contribution in [2.24, 2.45) is 0 Å². The second-order valence-electron chi connectivity index (χ2n) is 2.83. The van der Waals surface area contributed by atoms with Gasteiger partial charge in [0, 0.05) is 30.6 Å². The Kier molecular flexibility index (Phi) is 3.18. The van der Waals surface area contributed by atoms with Crippen molar-refractivity contribution in [2.45, 2.75) is 6.42 Å². The fraction of sp³-hybridized carbons (Fsp3) is 0.222. The third-order valence-electron chi connectivity index (χ3n) is 1.76. The van der Waals surface area contributed by atoms with Crippen molar-refractivity contribution in [1.29, 1.82) is 0 Å². The fourth-order valence-electron chi connectivity index (χ4n) is 1.10. The number of nitrogens with zero attached hydrogens (tertiary/aromatic N) is 3. The molecule has 2 heterocycles. The summed E-state index contributed by atoms with van der Waals surface area (Å²) in [5, 5.41) is 5.98. The summed E-state index contributed by atoms with van der Waals surface area (Å²) in [6.07, 6.45) is 3.77. The van der Waals surface area contributed by atoms with E-state index in [1.165, 1.54) is 12.4 Å². The van der Waals surface area contributed by atoms with E-state index in [0.717, 1.165) is 11.4 Å². The Bertz CT molecular complexity index is 418. The van der Waals surface area contributed by atoms with Crippen molar-refractivity contribution < 1.29 is 4.39 Å². The first-order valence-corrected chi connectivity index (χ1v) is 5.32. The molecule has 0 amide bonds. The van der Waals surface area contributed by atoms with Gasteiger partial charge in [-0.2, -0.15) is 4.39 Å². The number of anilines is 1. The van der Waals surface area contributed by atoms with Crippen molar-refractivity contribution in [1.82, 2.24) is 15.0 Å². The van der Waals surface area contributed by atoms with E-state index in [0.29, 0.717) is 12.4 Å². The summed E-state index contributed by atoms with van der Waals surface area (Å²) in [6.45, 7) is 0.684. The van der Waals surface area contributed by atoms with Crippen molar-refractivity contribution in [2.75, 3.05) is 11.9 Å².